The fourth-order valence-corrected chi connectivity index (χ4v) is 1.43. The first-order valence-corrected chi connectivity index (χ1v) is 5.13. The van der Waals surface area contributed by atoms with Gasteiger partial charge < -0.3 is 4.74 Å². The average Bonchev–Trinajstić information content (AvgIpc) is 2.17. The maximum Gasteiger partial charge on any atom is 0.187 e. The minimum atomic E-state index is 0.0432. The van der Waals surface area contributed by atoms with Crippen LogP contribution in [0.1, 0.15) is 5.56 Å². The number of carbonyl (C=O) groups is 1. The van der Waals surface area contributed by atoms with Crippen LogP contribution in [0.2, 0.25) is 0 Å². The quantitative estimate of drug-likeness (QED) is 0.540. The van der Waals surface area contributed by atoms with Crippen molar-refractivity contribution in [2.75, 3.05) is 19.5 Å². The van der Waals surface area contributed by atoms with Gasteiger partial charge in [0.25, 0.3) is 0 Å². The van der Waals surface area contributed by atoms with Crippen LogP contribution in [0.5, 0.6) is 0 Å². The summed E-state index contributed by atoms with van der Waals surface area (Å²) >= 11 is 1.33. The SMILES string of the molecule is COCC(=O)CSc1ncc(C)cn1. The summed E-state index contributed by atoms with van der Waals surface area (Å²) in [7, 11) is 1.50. The molecule has 0 N–H and O–H groups in total. The maximum absolute atomic E-state index is 11.1. The van der Waals surface area contributed by atoms with E-state index in [0.29, 0.717) is 10.9 Å². The Bertz CT molecular complexity index is 300. The lowest BCUT2D eigenvalue weighted by atomic mass is 10.4. The number of hydrogen-bond donors (Lipinski definition) is 0. The van der Waals surface area contributed by atoms with Crippen LogP contribution in [0.3, 0.4) is 0 Å². The Kier molecular flexibility index (Phi) is 4.55. The van der Waals surface area contributed by atoms with Crippen LogP contribution in [-0.4, -0.2) is 35.2 Å². The number of ketones is 1. The van der Waals surface area contributed by atoms with Crippen LogP contribution in [0.15, 0.2) is 17.6 Å². The molecule has 0 aliphatic carbocycles. The van der Waals surface area contributed by atoms with Gasteiger partial charge in [-0.2, -0.15) is 0 Å². The van der Waals surface area contributed by atoms with Crippen LogP contribution < -0.4 is 0 Å². The van der Waals surface area contributed by atoms with Crippen LogP contribution in [0, 0.1) is 6.92 Å². The lowest BCUT2D eigenvalue weighted by Crippen LogP contribution is -2.09. The molecular formula is C9H12N2O2S. The largest absolute Gasteiger partial charge is 0.377 e. The number of thioether (sulfide) groups is 1. The third-order valence-electron chi connectivity index (χ3n) is 1.42. The monoisotopic (exact) mass is 212 g/mol. The Balaban J connectivity index is 2.38. The maximum atomic E-state index is 11.1. The second-order valence-corrected chi connectivity index (χ2v) is 3.75. The molecule has 1 aromatic heterocycles. The highest BCUT2D eigenvalue weighted by Gasteiger charge is 2.03. The molecule has 0 saturated carbocycles. The van der Waals surface area contributed by atoms with Gasteiger partial charge in [-0.05, 0) is 12.5 Å². The fourth-order valence-electron chi connectivity index (χ4n) is 0.803. The summed E-state index contributed by atoms with van der Waals surface area (Å²) in [6, 6.07) is 0. The van der Waals surface area contributed by atoms with E-state index in [1.54, 1.807) is 12.4 Å². The molecule has 1 aromatic rings. The summed E-state index contributed by atoms with van der Waals surface area (Å²) in [6.45, 7) is 2.07. The highest BCUT2D eigenvalue weighted by atomic mass is 32.2. The van der Waals surface area contributed by atoms with Gasteiger partial charge in [-0.3, -0.25) is 4.79 Å². The van der Waals surface area contributed by atoms with Crippen molar-refractivity contribution in [2.45, 2.75) is 12.1 Å². The number of ether oxygens (including phenoxy) is 1. The Hall–Kier alpha value is -0.940. The van der Waals surface area contributed by atoms with Crippen LogP contribution in [-0.2, 0) is 9.53 Å². The second-order valence-electron chi connectivity index (χ2n) is 2.80. The molecule has 0 aromatic carbocycles. The summed E-state index contributed by atoms with van der Waals surface area (Å²) in [4.78, 5) is 19.2. The van der Waals surface area contributed by atoms with Gasteiger partial charge in [0.1, 0.15) is 6.61 Å². The first-order chi connectivity index (χ1) is 6.72. The van der Waals surface area contributed by atoms with E-state index in [-0.39, 0.29) is 12.4 Å². The predicted molar refractivity (Wildman–Crippen MR) is 54.4 cm³/mol. The zero-order valence-electron chi connectivity index (χ0n) is 8.19. The van der Waals surface area contributed by atoms with Crippen LogP contribution >= 0.6 is 11.8 Å². The second kappa shape index (κ2) is 5.72. The first kappa shape index (κ1) is 11.1. The van der Waals surface area contributed by atoms with Crippen molar-refractivity contribution in [1.29, 1.82) is 0 Å². The Labute approximate surface area is 87.1 Å². The normalized spacial score (nSPS) is 10.1. The molecule has 0 radical (unpaired) electrons. The van der Waals surface area contributed by atoms with Crippen LogP contribution in [0.25, 0.3) is 0 Å². The van der Waals surface area contributed by atoms with Gasteiger partial charge in [0, 0.05) is 19.5 Å². The van der Waals surface area contributed by atoms with E-state index in [9.17, 15) is 4.79 Å². The molecule has 4 nitrogen and oxygen atoms in total. The topological polar surface area (TPSA) is 52.1 Å². The first-order valence-electron chi connectivity index (χ1n) is 4.14. The summed E-state index contributed by atoms with van der Waals surface area (Å²) in [5, 5.41) is 0.625. The molecule has 0 spiro atoms. The molecule has 0 aliphatic rings. The Morgan fingerprint density at radius 2 is 2.14 bits per heavy atom. The van der Waals surface area contributed by atoms with Crippen LogP contribution in [0.4, 0.5) is 0 Å². The Morgan fingerprint density at radius 3 is 2.71 bits per heavy atom. The number of rotatable bonds is 5. The number of methoxy groups -OCH3 is 1. The van der Waals surface area contributed by atoms with E-state index in [2.05, 4.69) is 9.97 Å². The molecule has 0 atom stereocenters. The molecule has 0 unspecified atom stereocenters. The number of Topliss-reactive ketones (excluding diaryl/α,β-unsaturated/α-hetero) is 1. The van der Waals surface area contributed by atoms with E-state index >= 15 is 0 Å². The van der Waals surface area contributed by atoms with E-state index in [1.165, 1.54) is 18.9 Å². The van der Waals surface area contributed by atoms with E-state index in [0.717, 1.165) is 5.56 Å². The molecular weight excluding hydrogens is 200 g/mol. The minimum absolute atomic E-state index is 0.0432. The summed E-state index contributed by atoms with van der Waals surface area (Å²) in [6.07, 6.45) is 3.46. The standard InChI is InChI=1S/C9H12N2O2S/c1-7-3-10-9(11-4-7)14-6-8(12)5-13-2/h3-4H,5-6H2,1-2H3. The third-order valence-corrected chi connectivity index (χ3v) is 2.36. The minimum Gasteiger partial charge on any atom is -0.377 e. The molecule has 1 heterocycles. The molecule has 1 rings (SSSR count). The van der Waals surface area contributed by atoms with Gasteiger partial charge in [-0.1, -0.05) is 11.8 Å². The zero-order valence-corrected chi connectivity index (χ0v) is 9.00. The van der Waals surface area contributed by atoms with Crippen molar-refractivity contribution in [3.8, 4) is 0 Å². The zero-order chi connectivity index (χ0) is 10.4. The number of aryl methyl sites for hydroxylation is 1. The molecule has 14 heavy (non-hydrogen) atoms. The van der Waals surface area contributed by atoms with Gasteiger partial charge in [0.15, 0.2) is 10.9 Å². The van der Waals surface area contributed by atoms with E-state index in [4.69, 9.17) is 4.74 Å². The third kappa shape index (κ3) is 3.85. The van der Waals surface area contributed by atoms with Crippen molar-refractivity contribution >= 4 is 17.5 Å². The van der Waals surface area contributed by atoms with E-state index in [1.807, 2.05) is 6.92 Å². The van der Waals surface area contributed by atoms with Crippen molar-refractivity contribution in [2.24, 2.45) is 0 Å². The molecule has 0 saturated heterocycles. The predicted octanol–water partition coefficient (Wildman–Crippen LogP) is 1.09. The molecule has 5 heteroatoms. The Morgan fingerprint density at radius 1 is 1.50 bits per heavy atom. The summed E-state index contributed by atoms with van der Waals surface area (Å²) in [5.74, 6) is 0.401. The van der Waals surface area contributed by atoms with Gasteiger partial charge in [-0.25, -0.2) is 9.97 Å². The molecule has 0 fully saturated rings. The van der Waals surface area contributed by atoms with Gasteiger partial charge in [0.2, 0.25) is 0 Å². The lowest BCUT2D eigenvalue weighted by molar-refractivity contribution is -0.120. The lowest BCUT2D eigenvalue weighted by Gasteiger charge is -1.99. The number of aromatic nitrogens is 2. The fraction of sp³-hybridized carbons (Fsp3) is 0.444. The summed E-state index contributed by atoms with van der Waals surface area (Å²) < 4.78 is 4.71. The number of hydrogen-bond acceptors (Lipinski definition) is 5. The summed E-state index contributed by atoms with van der Waals surface area (Å²) in [5.41, 5.74) is 1.01. The van der Waals surface area contributed by atoms with Crippen molar-refractivity contribution in [1.82, 2.24) is 9.97 Å². The average molecular weight is 212 g/mol. The molecule has 0 bridgehead atoms. The van der Waals surface area contributed by atoms with Gasteiger partial charge in [0.05, 0.1) is 5.75 Å². The van der Waals surface area contributed by atoms with Crippen molar-refractivity contribution in [3.05, 3.63) is 18.0 Å². The molecule has 76 valence electrons. The van der Waals surface area contributed by atoms with Gasteiger partial charge in [-0.15, -0.1) is 0 Å². The smallest absolute Gasteiger partial charge is 0.187 e. The number of nitrogens with zero attached hydrogens (tertiary/aromatic N) is 2. The molecule has 0 aliphatic heterocycles. The van der Waals surface area contributed by atoms with E-state index < -0.39 is 0 Å². The van der Waals surface area contributed by atoms with Crippen molar-refractivity contribution < 1.29 is 9.53 Å². The highest BCUT2D eigenvalue weighted by Crippen LogP contribution is 2.11. The van der Waals surface area contributed by atoms with Gasteiger partial charge >= 0.3 is 0 Å². The molecule has 0 amide bonds. The van der Waals surface area contributed by atoms with Crippen molar-refractivity contribution in [3.63, 3.8) is 0 Å². The number of carbonyl (C=O) groups excluding carboxylic acids is 1. The highest BCUT2D eigenvalue weighted by molar-refractivity contribution is 7.99.